The number of aromatic nitrogens is 3. The zero-order chi connectivity index (χ0) is 17.2. The Morgan fingerprint density at radius 2 is 1.42 bits per heavy atom. The van der Waals surface area contributed by atoms with Crippen molar-refractivity contribution in [2.75, 3.05) is 20.0 Å². The van der Waals surface area contributed by atoms with Crippen molar-refractivity contribution in [1.82, 2.24) is 14.9 Å². The molecule has 3 aromatic rings. The Morgan fingerprint density at radius 1 is 0.846 bits per heavy atom. The predicted molar refractivity (Wildman–Crippen MR) is 108 cm³/mol. The van der Waals surface area contributed by atoms with E-state index in [2.05, 4.69) is 10.2 Å². The summed E-state index contributed by atoms with van der Waals surface area (Å²) in [6.45, 7) is 0. The van der Waals surface area contributed by atoms with Gasteiger partial charge in [-0.2, -0.15) is 9.78 Å². The highest BCUT2D eigenvalue weighted by atomic mass is 79.9. The lowest BCUT2D eigenvalue weighted by atomic mass is 10.1. The van der Waals surface area contributed by atoms with Gasteiger partial charge in [-0.15, -0.1) is 27.2 Å². The molecule has 6 nitrogen and oxygen atoms in total. The van der Waals surface area contributed by atoms with Crippen LogP contribution in [0.1, 0.15) is 5.56 Å². The Balaban J connectivity index is 0.00000196. The minimum Gasteiger partial charge on any atom is -0.497 e. The molecule has 0 atom stereocenters. The van der Waals surface area contributed by atoms with Gasteiger partial charge in [0.15, 0.2) is 5.82 Å². The zero-order valence-electron chi connectivity index (χ0n) is 14.2. The van der Waals surface area contributed by atoms with Gasteiger partial charge in [0.1, 0.15) is 11.5 Å². The lowest BCUT2D eigenvalue weighted by molar-refractivity contribution is 0.414. The van der Waals surface area contributed by atoms with Crippen molar-refractivity contribution < 1.29 is 9.47 Å². The van der Waals surface area contributed by atoms with Gasteiger partial charge >= 0.3 is 0 Å². The van der Waals surface area contributed by atoms with Gasteiger partial charge in [0.25, 0.3) is 0 Å². The molecule has 0 radical (unpaired) electrons. The van der Waals surface area contributed by atoms with Crippen LogP contribution in [0.2, 0.25) is 0 Å². The van der Waals surface area contributed by atoms with Gasteiger partial charge in [0, 0.05) is 11.3 Å². The van der Waals surface area contributed by atoms with Crippen LogP contribution >= 0.6 is 28.7 Å². The maximum atomic E-state index is 5.22. The first-order chi connectivity index (χ1) is 12.3. The van der Waals surface area contributed by atoms with Gasteiger partial charge in [-0.3, -0.25) is 0 Å². The molecule has 134 valence electrons. The highest BCUT2D eigenvalue weighted by Crippen LogP contribution is 2.29. The maximum absolute atomic E-state index is 5.22. The van der Waals surface area contributed by atoms with Crippen LogP contribution in [-0.2, 0) is 0 Å². The summed E-state index contributed by atoms with van der Waals surface area (Å²) in [4.78, 5) is 0. The molecule has 8 heteroatoms. The molecule has 2 heterocycles. The Labute approximate surface area is 166 Å². The number of fused-ring (bicyclic) bond motifs is 1. The van der Waals surface area contributed by atoms with Crippen molar-refractivity contribution in [1.29, 1.82) is 0 Å². The van der Waals surface area contributed by atoms with Crippen LogP contribution in [0.4, 0.5) is 0 Å². The van der Waals surface area contributed by atoms with E-state index in [1.165, 1.54) is 0 Å². The molecule has 0 unspecified atom stereocenters. The Bertz CT molecular complexity index is 923. The normalized spacial score (nSPS) is 12.6. The van der Waals surface area contributed by atoms with Crippen molar-refractivity contribution in [3.8, 4) is 22.9 Å². The van der Waals surface area contributed by atoms with E-state index in [9.17, 15) is 0 Å². The molecule has 0 aliphatic carbocycles. The topological polar surface area (TPSA) is 61.5 Å². The van der Waals surface area contributed by atoms with E-state index in [1.807, 2.05) is 48.5 Å². The van der Waals surface area contributed by atoms with Crippen molar-refractivity contribution in [3.05, 3.63) is 54.1 Å². The van der Waals surface area contributed by atoms with Crippen molar-refractivity contribution >= 4 is 34.5 Å². The second kappa shape index (κ2) is 7.92. The number of methoxy groups -OCH3 is 2. The highest BCUT2D eigenvalue weighted by Gasteiger charge is 2.20. The molecule has 0 spiro atoms. The summed E-state index contributed by atoms with van der Waals surface area (Å²) in [5.41, 5.74) is 2.99. The van der Waals surface area contributed by atoms with E-state index in [1.54, 1.807) is 30.7 Å². The molecule has 0 fully saturated rings. The molecule has 2 aromatic carbocycles. The monoisotopic (exact) mass is 432 g/mol. The number of halogens is 1. The first-order valence-corrected chi connectivity index (χ1v) is 8.72. The zero-order valence-corrected chi connectivity index (χ0v) is 16.8. The minimum atomic E-state index is 0. The van der Waals surface area contributed by atoms with Crippen LogP contribution in [0.15, 0.2) is 58.8 Å². The number of hydrogen-bond acceptors (Lipinski definition) is 6. The van der Waals surface area contributed by atoms with Gasteiger partial charge in [0.2, 0.25) is 5.16 Å². The standard InChI is InChI=1S/C18H16N4O2S.BrH/c1-23-14-7-3-12(4-8-14)16-11-25-18-20-19-17(22(18)21-16)13-5-9-15(24-2)10-6-13;/h3-10H,11H2,1-2H3;1H. The fourth-order valence-electron chi connectivity index (χ4n) is 2.57. The summed E-state index contributed by atoms with van der Waals surface area (Å²) in [6, 6.07) is 15.6. The van der Waals surface area contributed by atoms with Gasteiger partial charge in [-0.25, -0.2) is 0 Å². The van der Waals surface area contributed by atoms with Crippen molar-refractivity contribution in [2.24, 2.45) is 5.10 Å². The number of benzene rings is 2. The van der Waals surface area contributed by atoms with Crippen LogP contribution in [0, 0.1) is 0 Å². The van der Waals surface area contributed by atoms with Gasteiger partial charge in [0.05, 0.1) is 19.9 Å². The number of ether oxygens (including phenoxy) is 2. The predicted octanol–water partition coefficient (Wildman–Crippen LogP) is 3.90. The van der Waals surface area contributed by atoms with Gasteiger partial charge in [-0.1, -0.05) is 11.8 Å². The third-order valence-corrected chi connectivity index (χ3v) is 4.87. The second-order valence-electron chi connectivity index (χ2n) is 5.41. The summed E-state index contributed by atoms with van der Waals surface area (Å²) in [6.07, 6.45) is 0. The first-order valence-electron chi connectivity index (χ1n) is 7.73. The van der Waals surface area contributed by atoms with E-state index < -0.39 is 0 Å². The molecule has 1 aliphatic heterocycles. The quantitative estimate of drug-likeness (QED) is 0.625. The molecular formula is C18H17BrN4O2S. The van der Waals surface area contributed by atoms with Crippen molar-refractivity contribution in [2.45, 2.75) is 5.16 Å². The molecule has 26 heavy (non-hydrogen) atoms. The number of hydrogen-bond donors (Lipinski definition) is 0. The summed E-state index contributed by atoms with van der Waals surface area (Å²) in [7, 11) is 3.31. The fraction of sp³-hybridized carbons (Fsp3) is 0.167. The lowest BCUT2D eigenvalue weighted by Crippen LogP contribution is -2.13. The molecule has 0 saturated carbocycles. The van der Waals surface area contributed by atoms with Crippen LogP contribution in [-0.4, -0.2) is 40.6 Å². The minimum absolute atomic E-state index is 0. The van der Waals surface area contributed by atoms with Crippen LogP contribution in [0.25, 0.3) is 11.4 Å². The third-order valence-electron chi connectivity index (χ3n) is 3.94. The second-order valence-corrected chi connectivity index (χ2v) is 6.35. The molecule has 0 N–H and O–H groups in total. The lowest BCUT2D eigenvalue weighted by Gasteiger charge is -2.14. The van der Waals surface area contributed by atoms with Crippen LogP contribution in [0.5, 0.6) is 11.5 Å². The molecule has 1 aromatic heterocycles. The summed E-state index contributed by atoms with van der Waals surface area (Å²) in [5, 5.41) is 14.1. The Hall–Kier alpha value is -2.32. The largest absolute Gasteiger partial charge is 0.497 e. The number of nitrogens with zero attached hydrogens (tertiary/aromatic N) is 4. The first kappa shape index (κ1) is 18.5. The van der Waals surface area contributed by atoms with Crippen LogP contribution in [0.3, 0.4) is 0 Å². The number of thioether (sulfide) groups is 1. The Morgan fingerprint density at radius 3 is 2.00 bits per heavy atom. The molecule has 4 rings (SSSR count). The smallest absolute Gasteiger partial charge is 0.212 e. The molecule has 1 aliphatic rings. The highest BCUT2D eigenvalue weighted by molar-refractivity contribution is 8.93. The summed E-state index contributed by atoms with van der Waals surface area (Å²) >= 11 is 1.63. The molecule has 0 saturated heterocycles. The van der Waals surface area contributed by atoms with Gasteiger partial charge in [-0.05, 0) is 54.1 Å². The molecule has 0 bridgehead atoms. The maximum Gasteiger partial charge on any atom is 0.212 e. The number of rotatable bonds is 4. The molecule has 0 amide bonds. The van der Waals surface area contributed by atoms with E-state index >= 15 is 0 Å². The van der Waals surface area contributed by atoms with E-state index in [0.29, 0.717) is 0 Å². The van der Waals surface area contributed by atoms with E-state index in [4.69, 9.17) is 14.6 Å². The Kier molecular flexibility index (Phi) is 5.63. The summed E-state index contributed by atoms with van der Waals surface area (Å²) < 4.78 is 12.2. The fourth-order valence-corrected chi connectivity index (χ4v) is 3.41. The average molecular weight is 433 g/mol. The van der Waals surface area contributed by atoms with E-state index in [0.717, 1.165) is 45.1 Å². The average Bonchev–Trinajstić information content (AvgIpc) is 3.11. The van der Waals surface area contributed by atoms with E-state index in [-0.39, 0.29) is 17.0 Å². The molecular weight excluding hydrogens is 416 g/mol. The van der Waals surface area contributed by atoms with Crippen LogP contribution < -0.4 is 9.47 Å². The third kappa shape index (κ3) is 3.47. The SMILES string of the molecule is Br.COc1ccc(C2=Nn3c(nnc3-c3ccc(OC)cc3)SC2)cc1. The summed E-state index contributed by atoms with van der Waals surface area (Å²) in [5.74, 6) is 3.11. The van der Waals surface area contributed by atoms with Gasteiger partial charge < -0.3 is 9.47 Å². The van der Waals surface area contributed by atoms with Crippen molar-refractivity contribution in [3.63, 3.8) is 0 Å².